The quantitative estimate of drug-likeness (QED) is 0.821. The minimum absolute atomic E-state index is 0.0220. The number of carbonyl (C=O) groups excluding carboxylic acids is 1. The van der Waals surface area contributed by atoms with E-state index in [0.29, 0.717) is 25.9 Å². The Kier molecular flexibility index (Phi) is 5.58. The zero-order chi connectivity index (χ0) is 15.1. The molecule has 1 atom stereocenters. The van der Waals surface area contributed by atoms with E-state index in [4.69, 9.17) is 0 Å². The molecule has 2 rings (SSSR count). The summed E-state index contributed by atoms with van der Waals surface area (Å²) < 4.78 is 0. The molecule has 0 fully saturated rings. The van der Waals surface area contributed by atoms with Crippen LogP contribution in [0.4, 0.5) is 0 Å². The average Bonchev–Trinajstić information content (AvgIpc) is 3.00. The second kappa shape index (κ2) is 7.64. The average molecular weight is 286 g/mol. The maximum Gasteiger partial charge on any atom is 0.228 e. The molecule has 1 unspecified atom stereocenters. The van der Waals surface area contributed by atoms with E-state index in [-0.39, 0.29) is 5.91 Å². The SMILES string of the molecule is CCC(O)CN(Cc1ccccc1)C(=O)Cc1ccc[nH]1. The Hall–Kier alpha value is -2.07. The number of benzene rings is 1. The maximum atomic E-state index is 12.5. The molecular weight excluding hydrogens is 264 g/mol. The first-order valence-corrected chi connectivity index (χ1v) is 7.31. The smallest absolute Gasteiger partial charge is 0.228 e. The van der Waals surface area contributed by atoms with Crippen molar-refractivity contribution in [3.8, 4) is 0 Å². The van der Waals surface area contributed by atoms with Gasteiger partial charge in [0.05, 0.1) is 12.5 Å². The molecule has 0 aliphatic carbocycles. The van der Waals surface area contributed by atoms with E-state index in [2.05, 4.69) is 4.98 Å². The number of hydrogen-bond acceptors (Lipinski definition) is 2. The van der Waals surface area contributed by atoms with Gasteiger partial charge in [0.25, 0.3) is 0 Å². The van der Waals surface area contributed by atoms with Crippen LogP contribution in [0.3, 0.4) is 0 Å². The highest BCUT2D eigenvalue weighted by Gasteiger charge is 2.17. The van der Waals surface area contributed by atoms with Crippen molar-refractivity contribution in [3.05, 3.63) is 59.9 Å². The van der Waals surface area contributed by atoms with Crippen LogP contribution in [0, 0.1) is 0 Å². The van der Waals surface area contributed by atoms with Gasteiger partial charge in [0, 0.05) is 25.0 Å². The van der Waals surface area contributed by atoms with Crippen LogP contribution in [0.25, 0.3) is 0 Å². The highest BCUT2D eigenvalue weighted by Crippen LogP contribution is 2.09. The number of aromatic nitrogens is 1. The van der Waals surface area contributed by atoms with Gasteiger partial charge in [-0.15, -0.1) is 0 Å². The summed E-state index contributed by atoms with van der Waals surface area (Å²) >= 11 is 0. The molecule has 4 nitrogen and oxygen atoms in total. The summed E-state index contributed by atoms with van der Waals surface area (Å²) in [7, 11) is 0. The lowest BCUT2D eigenvalue weighted by atomic mass is 10.1. The Morgan fingerprint density at radius 3 is 2.62 bits per heavy atom. The molecule has 0 saturated heterocycles. The second-order valence-corrected chi connectivity index (χ2v) is 5.19. The van der Waals surface area contributed by atoms with Gasteiger partial charge in [0.2, 0.25) is 5.91 Å². The van der Waals surface area contributed by atoms with Crippen molar-refractivity contribution in [2.24, 2.45) is 0 Å². The lowest BCUT2D eigenvalue weighted by Gasteiger charge is -2.25. The minimum atomic E-state index is -0.485. The van der Waals surface area contributed by atoms with Crippen molar-refractivity contribution >= 4 is 5.91 Å². The predicted molar refractivity (Wildman–Crippen MR) is 82.7 cm³/mol. The highest BCUT2D eigenvalue weighted by atomic mass is 16.3. The Bertz CT molecular complexity index is 537. The number of rotatable bonds is 7. The summed E-state index contributed by atoms with van der Waals surface area (Å²) in [6.45, 7) is 2.81. The number of nitrogens with one attached hydrogen (secondary N) is 1. The monoisotopic (exact) mass is 286 g/mol. The molecule has 0 aliphatic rings. The van der Waals surface area contributed by atoms with Crippen LogP contribution in [-0.2, 0) is 17.8 Å². The highest BCUT2D eigenvalue weighted by molar-refractivity contribution is 5.78. The summed E-state index contributed by atoms with van der Waals surface area (Å²) in [5.41, 5.74) is 1.96. The van der Waals surface area contributed by atoms with Gasteiger partial charge in [-0.05, 0) is 24.1 Å². The number of aliphatic hydroxyl groups is 1. The third-order valence-electron chi connectivity index (χ3n) is 3.48. The minimum Gasteiger partial charge on any atom is -0.391 e. The van der Waals surface area contributed by atoms with E-state index in [1.807, 2.05) is 55.6 Å². The summed E-state index contributed by atoms with van der Waals surface area (Å²) in [4.78, 5) is 17.2. The van der Waals surface area contributed by atoms with Crippen LogP contribution >= 0.6 is 0 Å². The van der Waals surface area contributed by atoms with E-state index >= 15 is 0 Å². The number of H-pyrrole nitrogens is 1. The fourth-order valence-electron chi connectivity index (χ4n) is 2.19. The lowest BCUT2D eigenvalue weighted by molar-refractivity contribution is -0.132. The van der Waals surface area contributed by atoms with Gasteiger partial charge >= 0.3 is 0 Å². The third kappa shape index (κ3) is 4.76. The van der Waals surface area contributed by atoms with Gasteiger partial charge in [0.15, 0.2) is 0 Å². The van der Waals surface area contributed by atoms with Gasteiger partial charge in [-0.3, -0.25) is 4.79 Å². The second-order valence-electron chi connectivity index (χ2n) is 5.19. The first-order valence-electron chi connectivity index (χ1n) is 7.31. The van der Waals surface area contributed by atoms with Gasteiger partial charge in [0.1, 0.15) is 0 Å². The van der Waals surface area contributed by atoms with Gasteiger partial charge < -0.3 is 15.0 Å². The van der Waals surface area contributed by atoms with Gasteiger partial charge in [-0.2, -0.15) is 0 Å². The predicted octanol–water partition coefficient (Wildman–Crippen LogP) is 2.36. The molecule has 1 heterocycles. The number of nitrogens with zero attached hydrogens (tertiary/aromatic N) is 1. The Morgan fingerprint density at radius 1 is 1.24 bits per heavy atom. The molecule has 2 N–H and O–H groups in total. The largest absolute Gasteiger partial charge is 0.391 e. The number of aliphatic hydroxyl groups excluding tert-OH is 1. The zero-order valence-electron chi connectivity index (χ0n) is 12.3. The molecule has 112 valence electrons. The summed E-state index contributed by atoms with van der Waals surface area (Å²) in [6, 6.07) is 13.6. The first kappa shape index (κ1) is 15.3. The first-order chi connectivity index (χ1) is 10.2. The van der Waals surface area contributed by atoms with Crippen LogP contribution in [0.5, 0.6) is 0 Å². The molecule has 0 spiro atoms. The van der Waals surface area contributed by atoms with Crippen molar-refractivity contribution in [2.75, 3.05) is 6.54 Å². The lowest BCUT2D eigenvalue weighted by Crippen LogP contribution is -2.37. The molecule has 1 aromatic carbocycles. The van der Waals surface area contributed by atoms with E-state index in [1.165, 1.54) is 0 Å². The van der Waals surface area contributed by atoms with E-state index in [0.717, 1.165) is 11.3 Å². The molecule has 2 aromatic rings. The van der Waals surface area contributed by atoms with Crippen molar-refractivity contribution in [1.82, 2.24) is 9.88 Å². The fourth-order valence-corrected chi connectivity index (χ4v) is 2.19. The van der Waals surface area contributed by atoms with Crippen molar-refractivity contribution in [1.29, 1.82) is 0 Å². The van der Waals surface area contributed by atoms with Crippen LogP contribution in [0.2, 0.25) is 0 Å². The maximum absolute atomic E-state index is 12.5. The normalized spacial score (nSPS) is 12.1. The van der Waals surface area contributed by atoms with Crippen LogP contribution < -0.4 is 0 Å². The number of carbonyl (C=O) groups is 1. The van der Waals surface area contributed by atoms with Crippen LogP contribution in [0.15, 0.2) is 48.7 Å². The van der Waals surface area contributed by atoms with Gasteiger partial charge in [-0.25, -0.2) is 0 Å². The summed E-state index contributed by atoms with van der Waals surface area (Å²) in [6.07, 6.45) is 2.30. The molecule has 0 bridgehead atoms. The van der Waals surface area contributed by atoms with Crippen molar-refractivity contribution in [2.45, 2.75) is 32.4 Å². The standard InChI is InChI=1S/C17H22N2O2/c1-2-16(20)13-19(12-14-7-4-3-5-8-14)17(21)11-15-9-6-10-18-15/h3-10,16,18,20H,2,11-13H2,1H3. The molecule has 1 amide bonds. The number of aromatic amines is 1. The van der Waals surface area contributed by atoms with E-state index in [1.54, 1.807) is 4.90 Å². The Balaban J connectivity index is 2.05. The summed E-state index contributed by atoms with van der Waals surface area (Å²) in [5, 5.41) is 9.88. The van der Waals surface area contributed by atoms with Crippen LogP contribution in [0.1, 0.15) is 24.6 Å². The van der Waals surface area contributed by atoms with E-state index < -0.39 is 6.10 Å². The van der Waals surface area contributed by atoms with Crippen molar-refractivity contribution in [3.63, 3.8) is 0 Å². The molecule has 1 aromatic heterocycles. The van der Waals surface area contributed by atoms with Crippen LogP contribution in [-0.4, -0.2) is 33.5 Å². The number of amides is 1. The molecule has 0 saturated carbocycles. The third-order valence-corrected chi connectivity index (χ3v) is 3.48. The molecule has 4 heteroatoms. The molecule has 0 radical (unpaired) electrons. The molecule has 0 aliphatic heterocycles. The van der Waals surface area contributed by atoms with E-state index in [9.17, 15) is 9.90 Å². The van der Waals surface area contributed by atoms with Crippen molar-refractivity contribution < 1.29 is 9.90 Å². The Morgan fingerprint density at radius 2 is 2.00 bits per heavy atom. The topological polar surface area (TPSA) is 56.3 Å². The van der Waals surface area contributed by atoms with Gasteiger partial charge in [-0.1, -0.05) is 37.3 Å². The molecular formula is C17H22N2O2. The summed E-state index contributed by atoms with van der Waals surface area (Å²) in [5.74, 6) is 0.0220. The zero-order valence-corrected chi connectivity index (χ0v) is 12.3. The fraction of sp³-hybridized carbons (Fsp3) is 0.353. The number of hydrogen-bond donors (Lipinski definition) is 2. The Labute approximate surface area is 125 Å². The molecule has 21 heavy (non-hydrogen) atoms.